The van der Waals surface area contributed by atoms with Gasteiger partial charge in [0.25, 0.3) is 0 Å². The molecule has 2 heteroatoms. The second-order valence-corrected chi connectivity index (χ2v) is 3.86. The van der Waals surface area contributed by atoms with Gasteiger partial charge in [-0.05, 0) is 12.8 Å². The number of rotatable bonds is 10. The number of hydrogen-bond donors (Lipinski definition) is 0. The van der Waals surface area contributed by atoms with Crippen molar-refractivity contribution in [3.05, 3.63) is 24.8 Å². The standard InChI is InChI=1S/C14H24O2/c1-3-5-6-7-8-9-10-11-12-13-16-14(15)4-2/h4,11-12H,2-3,5-10,13H2,1H3/b12-11+. The molecule has 0 unspecified atom stereocenters. The monoisotopic (exact) mass is 224 g/mol. The van der Waals surface area contributed by atoms with Crippen molar-refractivity contribution in [1.29, 1.82) is 0 Å². The Morgan fingerprint density at radius 2 is 1.81 bits per heavy atom. The van der Waals surface area contributed by atoms with Crippen LogP contribution in [0.5, 0.6) is 0 Å². The Morgan fingerprint density at radius 3 is 2.50 bits per heavy atom. The molecule has 16 heavy (non-hydrogen) atoms. The number of allylic oxidation sites excluding steroid dienone is 1. The molecule has 0 aliphatic heterocycles. The number of ether oxygens (including phenoxy) is 1. The van der Waals surface area contributed by atoms with Gasteiger partial charge < -0.3 is 4.74 Å². The van der Waals surface area contributed by atoms with Crippen LogP contribution in [0.3, 0.4) is 0 Å². The smallest absolute Gasteiger partial charge is 0.330 e. The van der Waals surface area contributed by atoms with E-state index in [-0.39, 0.29) is 5.97 Å². The molecule has 0 aliphatic carbocycles. The second-order valence-electron chi connectivity index (χ2n) is 3.86. The van der Waals surface area contributed by atoms with Gasteiger partial charge in [0.2, 0.25) is 0 Å². The van der Waals surface area contributed by atoms with Crippen molar-refractivity contribution in [2.45, 2.75) is 51.9 Å². The summed E-state index contributed by atoms with van der Waals surface area (Å²) in [5.41, 5.74) is 0. The van der Waals surface area contributed by atoms with Gasteiger partial charge in [0.1, 0.15) is 6.61 Å². The quantitative estimate of drug-likeness (QED) is 0.242. The van der Waals surface area contributed by atoms with Crippen molar-refractivity contribution in [1.82, 2.24) is 0 Å². The molecule has 0 saturated carbocycles. The van der Waals surface area contributed by atoms with Crippen LogP contribution in [0.15, 0.2) is 24.8 Å². The van der Waals surface area contributed by atoms with Crippen molar-refractivity contribution < 1.29 is 9.53 Å². The molecule has 0 rings (SSSR count). The minimum Gasteiger partial charge on any atom is -0.458 e. The molecule has 0 aromatic carbocycles. The van der Waals surface area contributed by atoms with E-state index in [0.717, 1.165) is 6.42 Å². The molecule has 92 valence electrons. The van der Waals surface area contributed by atoms with Crippen LogP contribution < -0.4 is 0 Å². The Labute approximate surface area is 99.4 Å². The predicted octanol–water partition coefficient (Wildman–Crippen LogP) is 4.02. The van der Waals surface area contributed by atoms with Crippen LogP contribution in [0.4, 0.5) is 0 Å². The lowest BCUT2D eigenvalue weighted by Gasteiger charge is -1.98. The third kappa shape index (κ3) is 11.0. The van der Waals surface area contributed by atoms with Crippen LogP contribution in [-0.4, -0.2) is 12.6 Å². The van der Waals surface area contributed by atoms with E-state index in [9.17, 15) is 4.79 Å². The van der Waals surface area contributed by atoms with E-state index >= 15 is 0 Å². The normalized spacial score (nSPS) is 10.6. The fraction of sp³-hybridized carbons (Fsp3) is 0.643. The highest BCUT2D eigenvalue weighted by Gasteiger charge is 1.90. The lowest BCUT2D eigenvalue weighted by Crippen LogP contribution is -1.98. The van der Waals surface area contributed by atoms with E-state index < -0.39 is 0 Å². The molecule has 0 spiro atoms. The topological polar surface area (TPSA) is 26.3 Å². The van der Waals surface area contributed by atoms with Gasteiger partial charge in [-0.3, -0.25) is 0 Å². The van der Waals surface area contributed by atoms with E-state index in [1.165, 1.54) is 44.6 Å². The maximum atomic E-state index is 10.7. The average Bonchev–Trinajstić information content (AvgIpc) is 2.31. The summed E-state index contributed by atoms with van der Waals surface area (Å²) in [5.74, 6) is -0.357. The fourth-order valence-corrected chi connectivity index (χ4v) is 1.42. The molecule has 0 atom stereocenters. The van der Waals surface area contributed by atoms with Gasteiger partial charge >= 0.3 is 5.97 Å². The number of esters is 1. The molecule has 0 N–H and O–H groups in total. The van der Waals surface area contributed by atoms with Gasteiger partial charge in [-0.2, -0.15) is 0 Å². The molecule has 0 bridgehead atoms. The molecular weight excluding hydrogens is 200 g/mol. The predicted molar refractivity (Wildman–Crippen MR) is 68.3 cm³/mol. The lowest BCUT2D eigenvalue weighted by atomic mass is 10.1. The third-order valence-electron chi connectivity index (χ3n) is 2.38. The lowest BCUT2D eigenvalue weighted by molar-refractivity contribution is -0.136. The van der Waals surface area contributed by atoms with Crippen LogP contribution in [-0.2, 0) is 9.53 Å². The molecule has 0 aliphatic rings. The molecule has 0 fully saturated rings. The van der Waals surface area contributed by atoms with Gasteiger partial charge in [0.15, 0.2) is 0 Å². The van der Waals surface area contributed by atoms with E-state index in [1.54, 1.807) is 0 Å². The third-order valence-corrected chi connectivity index (χ3v) is 2.38. The molecule has 2 nitrogen and oxygen atoms in total. The molecule has 0 aromatic rings. The minimum absolute atomic E-state index is 0.357. The van der Waals surface area contributed by atoms with Crippen molar-refractivity contribution in [3.63, 3.8) is 0 Å². The number of hydrogen-bond acceptors (Lipinski definition) is 2. The maximum absolute atomic E-state index is 10.7. The van der Waals surface area contributed by atoms with E-state index in [0.29, 0.717) is 6.61 Å². The summed E-state index contributed by atoms with van der Waals surface area (Å²) in [6.45, 7) is 5.92. The summed E-state index contributed by atoms with van der Waals surface area (Å²) in [7, 11) is 0. The highest BCUT2D eigenvalue weighted by molar-refractivity contribution is 5.81. The van der Waals surface area contributed by atoms with Crippen LogP contribution in [0.1, 0.15) is 51.9 Å². The fourth-order valence-electron chi connectivity index (χ4n) is 1.42. The molecule has 0 heterocycles. The maximum Gasteiger partial charge on any atom is 0.330 e. The first-order valence-electron chi connectivity index (χ1n) is 6.25. The summed E-state index contributed by atoms with van der Waals surface area (Å²) in [6, 6.07) is 0. The number of unbranched alkanes of at least 4 members (excludes halogenated alkanes) is 6. The van der Waals surface area contributed by atoms with Gasteiger partial charge in [-0.25, -0.2) is 4.79 Å². The highest BCUT2D eigenvalue weighted by Crippen LogP contribution is 2.06. The Morgan fingerprint density at radius 1 is 1.12 bits per heavy atom. The summed E-state index contributed by atoms with van der Waals surface area (Å²) < 4.78 is 4.81. The van der Waals surface area contributed by atoms with Gasteiger partial charge in [-0.15, -0.1) is 0 Å². The highest BCUT2D eigenvalue weighted by atomic mass is 16.5. The van der Waals surface area contributed by atoms with E-state index in [4.69, 9.17) is 4.74 Å². The minimum atomic E-state index is -0.357. The molecule has 0 radical (unpaired) electrons. The van der Waals surface area contributed by atoms with E-state index in [2.05, 4.69) is 19.6 Å². The first-order valence-corrected chi connectivity index (χ1v) is 6.25. The summed E-state index contributed by atoms with van der Waals surface area (Å²) >= 11 is 0. The van der Waals surface area contributed by atoms with Gasteiger partial charge in [0, 0.05) is 6.08 Å². The zero-order valence-electron chi connectivity index (χ0n) is 10.4. The molecular formula is C14H24O2. The summed E-state index contributed by atoms with van der Waals surface area (Å²) in [6.07, 6.45) is 14.1. The summed E-state index contributed by atoms with van der Waals surface area (Å²) in [4.78, 5) is 10.7. The first-order chi connectivity index (χ1) is 7.81. The Bertz CT molecular complexity index is 207. The zero-order valence-corrected chi connectivity index (χ0v) is 10.4. The largest absolute Gasteiger partial charge is 0.458 e. The van der Waals surface area contributed by atoms with Crippen LogP contribution >= 0.6 is 0 Å². The number of carbonyl (C=O) groups excluding carboxylic acids is 1. The van der Waals surface area contributed by atoms with Crippen LogP contribution in [0, 0.1) is 0 Å². The van der Waals surface area contributed by atoms with E-state index in [1.807, 2.05) is 6.08 Å². The molecule has 0 amide bonds. The number of carbonyl (C=O) groups is 1. The van der Waals surface area contributed by atoms with Crippen LogP contribution in [0.2, 0.25) is 0 Å². The average molecular weight is 224 g/mol. The van der Waals surface area contributed by atoms with Crippen molar-refractivity contribution in [2.24, 2.45) is 0 Å². The Balaban J connectivity index is 3.15. The van der Waals surface area contributed by atoms with Gasteiger partial charge in [-0.1, -0.05) is 57.8 Å². The van der Waals surface area contributed by atoms with Crippen molar-refractivity contribution in [3.8, 4) is 0 Å². The Kier molecular flexibility index (Phi) is 11.2. The summed E-state index contributed by atoms with van der Waals surface area (Å²) in [5, 5.41) is 0. The van der Waals surface area contributed by atoms with Crippen molar-refractivity contribution >= 4 is 5.97 Å². The SMILES string of the molecule is C=CC(=O)OC/C=C/CCCCCCCC. The van der Waals surface area contributed by atoms with Crippen LogP contribution in [0.25, 0.3) is 0 Å². The first kappa shape index (κ1) is 14.9. The Hall–Kier alpha value is -1.05. The van der Waals surface area contributed by atoms with Gasteiger partial charge in [0.05, 0.1) is 0 Å². The zero-order chi connectivity index (χ0) is 12.1. The molecule has 0 aromatic heterocycles. The molecule has 0 saturated heterocycles. The second kappa shape index (κ2) is 12.0. The van der Waals surface area contributed by atoms with Crippen molar-refractivity contribution in [2.75, 3.05) is 6.61 Å².